The zero-order valence-corrected chi connectivity index (χ0v) is 33.4. The molecule has 0 radical (unpaired) electrons. The van der Waals surface area contributed by atoms with Crippen molar-refractivity contribution >= 4 is 51.4 Å². The highest BCUT2D eigenvalue weighted by atomic mass is 79.9. The number of pyridine rings is 1. The Morgan fingerprint density at radius 1 is 0.814 bits per heavy atom. The number of hydrogen-bond acceptors (Lipinski definition) is 10. The summed E-state index contributed by atoms with van der Waals surface area (Å²) < 4.78 is 45.6. The Morgan fingerprint density at radius 3 is 2.12 bits per heavy atom. The maximum Gasteiger partial charge on any atom is 0.273 e. The van der Waals surface area contributed by atoms with Gasteiger partial charge in [0.2, 0.25) is 11.8 Å². The van der Waals surface area contributed by atoms with E-state index in [9.17, 15) is 42.3 Å². The van der Waals surface area contributed by atoms with Crippen LogP contribution in [0.15, 0.2) is 69.9 Å². The lowest BCUT2D eigenvalue weighted by Gasteiger charge is -2.27. The molecule has 308 valence electrons. The van der Waals surface area contributed by atoms with Crippen molar-refractivity contribution in [2.75, 3.05) is 39.5 Å². The van der Waals surface area contributed by atoms with E-state index >= 15 is 0 Å². The van der Waals surface area contributed by atoms with Crippen molar-refractivity contribution < 1.29 is 51.8 Å². The molecule has 0 saturated carbocycles. The van der Waals surface area contributed by atoms with Crippen LogP contribution in [0.4, 0.5) is 8.78 Å². The average molecular weight is 879 g/mol. The molecule has 2 aliphatic rings. The van der Waals surface area contributed by atoms with Gasteiger partial charge in [0.15, 0.2) is 0 Å². The molecule has 0 aliphatic carbocycles. The van der Waals surface area contributed by atoms with Crippen LogP contribution in [0.25, 0.3) is 5.69 Å². The number of carbonyl (C=O) groups is 6. The normalized spacial score (nSPS) is 14.9. The smallest absolute Gasteiger partial charge is 0.273 e. The molecule has 3 heterocycles. The zero-order chi connectivity index (χ0) is 42.4. The molecule has 15 nitrogen and oxygen atoms in total. The molecule has 1 saturated heterocycles. The third-order valence-electron chi connectivity index (χ3n) is 9.55. The third-order valence-corrected chi connectivity index (χ3v) is 10.3. The summed E-state index contributed by atoms with van der Waals surface area (Å²) in [5, 5.41) is 7.58. The van der Waals surface area contributed by atoms with Gasteiger partial charge in [-0.25, -0.2) is 8.78 Å². The Morgan fingerprint density at radius 2 is 1.46 bits per heavy atom. The summed E-state index contributed by atoms with van der Waals surface area (Å²) in [6, 6.07) is 12.6. The quantitative estimate of drug-likeness (QED) is 0.111. The molecular weight excluding hydrogens is 840 g/mol. The first-order valence-corrected chi connectivity index (χ1v) is 19.2. The summed E-state index contributed by atoms with van der Waals surface area (Å²) >= 11 is 3.28. The minimum absolute atomic E-state index is 0.00290. The number of ether oxygens (including phenoxy) is 3. The minimum Gasteiger partial charge on any atom is -0.487 e. The van der Waals surface area contributed by atoms with Gasteiger partial charge in [0.05, 0.1) is 43.2 Å². The Bertz CT molecular complexity index is 2420. The van der Waals surface area contributed by atoms with Gasteiger partial charge in [-0.15, -0.1) is 0 Å². The molecule has 1 fully saturated rings. The number of carbonyl (C=O) groups excluding carboxylic acids is 6. The van der Waals surface area contributed by atoms with Gasteiger partial charge in [0, 0.05) is 54.0 Å². The molecule has 3 N–H and O–H groups in total. The number of nitrogens with one attached hydrogen (secondary N) is 3. The second-order valence-corrected chi connectivity index (χ2v) is 14.4. The topological polar surface area (TPSA) is 191 Å². The number of amides is 6. The van der Waals surface area contributed by atoms with Crippen molar-refractivity contribution in [1.29, 1.82) is 0 Å². The number of piperidine rings is 1. The van der Waals surface area contributed by atoms with E-state index in [1.165, 1.54) is 28.8 Å². The molecule has 18 heteroatoms. The van der Waals surface area contributed by atoms with Gasteiger partial charge >= 0.3 is 0 Å². The molecule has 59 heavy (non-hydrogen) atoms. The summed E-state index contributed by atoms with van der Waals surface area (Å²) in [7, 11) is 0. The van der Waals surface area contributed by atoms with E-state index in [-0.39, 0.29) is 97.3 Å². The number of halogens is 3. The van der Waals surface area contributed by atoms with Gasteiger partial charge in [0.1, 0.15) is 34.5 Å². The van der Waals surface area contributed by atoms with Gasteiger partial charge in [-0.05, 0) is 84.2 Å². The van der Waals surface area contributed by atoms with Crippen LogP contribution in [0.3, 0.4) is 0 Å². The van der Waals surface area contributed by atoms with E-state index in [0.717, 1.165) is 22.6 Å². The maximum absolute atomic E-state index is 14.1. The molecule has 1 unspecified atom stereocenters. The van der Waals surface area contributed by atoms with E-state index in [4.69, 9.17) is 14.2 Å². The average Bonchev–Trinajstić information content (AvgIpc) is 3.45. The molecule has 0 spiro atoms. The first-order valence-electron chi connectivity index (χ1n) is 18.4. The number of fused-ring (bicyclic) bond motifs is 1. The van der Waals surface area contributed by atoms with Crippen LogP contribution in [0.2, 0.25) is 0 Å². The molecule has 0 bridgehead atoms. The predicted octanol–water partition coefficient (Wildman–Crippen LogP) is 3.67. The fourth-order valence-electron chi connectivity index (χ4n) is 6.48. The predicted molar refractivity (Wildman–Crippen MR) is 209 cm³/mol. The number of aromatic nitrogens is 1. The Labute approximate surface area is 344 Å². The molecule has 1 atom stereocenters. The Kier molecular flexibility index (Phi) is 13.4. The third kappa shape index (κ3) is 9.62. The van der Waals surface area contributed by atoms with Crippen molar-refractivity contribution in [2.24, 2.45) is 0 Å². The summed E-state index contributed by atoms with van der Waals surface area (Å²) in [6.07, 6.45) is 0.0205. The first kappa shape index (κ1) is 42.5. The summed E-state index contributed by atoms with van der Waals surface area (Å²) in [5.74, 6) is -4.77. The molecule has 6 rings (SSSR count). The van der Waals surface area contributed by atoms with E-state index < -0.39 is 52.8 Å². The fraction of sp³-hybridized carbons (Fsp3) is 0.293. The molecule has 1 aromatic heterocycles. The van der Waals surface area contributed by atoms with Crippen molar-refractivity contribution in [1.82, 2.24) is 25.4 Å². The van der Waals surface area contributed by atoms with Gasteiger partial charge in [-0.2, -0.15) is 0 Å². The largest absolute Gasteiger partial charge is 0.487 e. The number of aryl methyl sites for hydroxylation is 2. The van der Waals surface area contributed by atoms with Gasteiger partial charge in [0.25, 0.3) is 29.2 Å². The number of benzene rings is 3. The highest BCUT2D eigenvalue weighted by Gasteiger charge is 2.44. The fourth-order valence-corrected chi connectivity index (χ4v) is 6.89. The molecule has 6 amide bonds. The Balaban J connectivity index is 0.905. The first-order chi connectivity index (χ1) is 28.2. The van der Waals surface area contributed by atoms with Crippen molar-refractivity contribution in [3.8, 4) is 11.4 Å². The van der Waals surface area contributed by atoms with Crippen LogP contribution in [0, 0.1) is 25.5 Å². The van der Waals surface area contributed by atoms with Crippen LogP contribution in [-0.4, -0.2) is 90.5 Å². The Hall–Kier alpha value is -6.11. The SMILES string of the molecule is Cc1ccc(C(=O)NCCOCCOCCNC(=O)c2ccc3c(c2)C(=O)N(C2CCC(=O)NC2=O)C3=O)cc1-n1c(C)cc(OCc2ccc(F)cc2F)c(Br)c1=O. The van der Waals surface area contributed by atoms with Crippen LogP contribution in [0.5, 0.6) is 5.75 Å². The standard InChI is InChI=1S/C41H38BrF2N5O10/c1-22-3-4-25(19-32(22)48-23(2)17-33(35(42)41(48)56)59-21-26-5-7-27(43)20-30(26)44)37(52)46-12-14-58-16-15-57-13-11-45-36(51)24-6-8-28-29(18-24)40(55)49(39(28)54)31-9-10-34(50)47-38(31)53/h3-8,17-20,31H,9-16,21H2,1-2H3,(H,45,51)(H,46,52)(H,47,50,53). The van der Waals surface area contributed by atoms with Gasteiger partial charge < -0.3 is 24.8 Å². The highest BCUT2D eigenvalue weighted by molar-refractivity contribution is 9.10. The number of rotatable bonds is 16. The lowest BCUT2D eigenvalue weighted by atomic mass is 10.0. The number of hydrogen-bond donors (Lipinski definition) is 3. The molecule has 3 aromatic carbocycles. The lowest BCUT2D eigenvalue weighted by Crippen LogP contribution is -2.54. The van der Waals surface area contributed by atoms with E-state index in [2.05, 4.69) is 31.9 Å². The van der Waals surface area contributed by atoms with Gasteiger partial charge in [-0.1, -0.05) is 6.07 Å². The van der Waals surface area contributed by atoms with E-state index in [0.29, 0.717) is 16.9 Å². The molecule has 2 aliphatic heterocycles. The van der Waals surface area contributed by atoms with Crippen molar-refractivity contribution in [2.45, 2.75) is 39.3 Å². The highest BCUT2D eigenvalue weighted by Crippen LogP contribution is 2.29. The van der Waals surface area contributed by atoms with Gasteiger partial charge in [-0.3, -0.25) is 48.3 Å². The maximum atomic E-state index is 14.1. The van der Waals surface area contributed by atoms with Crippen molar-refractivity contribution in [3.05, 3.63) is 126 Å². The summed E-state index contributed by atoms with van der Waals surface area (Å²) in [6.45, 7) is 4.32. The second-order valence-electron chi connectivity index (χ2n) is 13.6. The number of nitrogens with zero attached hydrogens (tertiary/aromatic N) is 2. The van der Waals surface area contributed by atoms with E-state index in [1.807, 2.05) is 0 Å². The number of imide groups is 2. The van der Waals surface area contributed by atoms with Crippen LogP contribution in [-0.2, 0) is 25.7 Å². The van der Waals surface area contributed by atoms with Crippen LogP contribution in [0.1, 0.15) is 71.1 Å². The van der Waals surface area contributed by atoms with E-state index in [1.54, 1.807) is 38.1 Å². The van der Waals surface area contributed by atoms with Crippen LogP contribution < -0.4 is 26.2 Å². The second kappa shape index (κ2) is 18.6. The lowest BCUT2D eigenvalue weighted by molar-refractivity contribution is -0.136. The molecule has 4 aromatic rings. The zero-order valence-electron chi connectivity index (χ0n) is 31.8. The van der Waals surface area contributed by atoms with Crippen LogP contribution >= 0.6 is 15.9 Å². The minimum atomic E-state index is -1.11. The summed E-state index contributed by atoms with van der Waals surface area (Å²) in [4.78, 5) is 89.7. The summed E-state index contributed by atoms with van der Waals surface area (Å²) in [5.41, 5.74) is 1.85. The van der Waals surface area contributed by atoms with Crippen molar-refractivity contribution in [3.63, 3.8) is 0 Å². The monoisotopic (exact) mass is 877 g/mol. The molecular formula is C41H38BrF2N5O10.